The summed E-state index contributed by atoms with van der Waals surface area (Å²) in [5.41, 5.74) is 0.852. The van der Waals surface area contributed by atoms with Crippen LogP contribution in [0.15, 0.2) is 47.5 Å². The third kappa shape index (κ3) is 3.97. The largest absolute Gasteiger partial charge is 0.312 e. The quantitative estimate of drug-likeness (QED) is 0.537. The molecule has 11 heteroatoms. The molecule has 0 aliphatic carbocycles. The van der Waals surface area contributed by atoms with E-state index >= 15 is 0 Å². The van der Waals surface area contributed by atoms with Gasteiger partial charge in [0.15, 0.2) is 15.0 Å². The molecular weight excluding hydrogens is 424 g/mol. The zero-order valence-electron chi connectivity index (χ0n) is 14.9. The SMILES string of the molecule is O=[N+]([O-])c1ccc(CSC2=N[C@@H]3CS(=O)(=O)C[C@@H]3N2c2ccc(F)cc2F)cc1. The number of benzene rings is 2. The maximum atomic E-state index is 14.4. The summed E-state index contributed by atoms with van der Waals surface area (Å²) in [7, 11) is -3.29. The van der Waals surface area contributed by atoms with Crippen molar-refractivity contribution in [2.24, 2.45) is 4.99 Å². The van der Waals surface area contributed by atoms with E-state index in [9.17, 15) is 27.3 Å². The van der Waals surface area contributed by atoms with Crippen molar-refractivity contribution in [2.45, 2.75) is 17.8 Å². The lowest BCUT2D eigenvalue weighted by Gasteiger charge is -2.26. The van der Waals surface area contributed by atoms with E-state index < -0.39 is 38.5 Å². The molecule has 2 aromatic carbocycles. The van der Waals surface area contributed by atoms with Gasteiger partial charge in [-0.05, 0) is 17.7 Å². The number of hydrogen-bond acceptors (Lipinski definition) is 7. The van der Waals surface area contributed by atoms with Crippen molar-refractivity contribution in [3.05, 3.63) is 69.8 Å². The highest BCUT2D eigenvalue weighted by Gasteiger charge is 2.47. The van der Waals surface area contributed by atoms with E-state index in [1.54, 1.807) is 12.1 Å². The minimum Gasteiger partial charge on any atom is -0.312 e. The third-order valence-corrected chi connectivity index (χ3v) is 7.53. The Hall–Kier alpha value is -2.53. The number of amidine groups is 1. The van der Waals surface area contributed by atoms with Crippen LogP contribution in [0.3, 0.4) is 0 Å². The van der Waals surface area contributed by atoms with Crippen molar-refractivity contribution >= 4 is 38.1 Å². The smallest absolute Gasteiger partial charge is 0.269 e. The molecule has 2 aromatic rings. The van der Waals surface area contributed by atoms with Gasteiger partial charge >= 0.3 is 0 Å². The average molecular weight is 439 g/mol. The van der Waals surface area contributed by atoms with Gasteiger partial charge in [0.2, 0.25) is 0 Å². The van der Waals surface area contributed by atoms with Gasteiger partial charge in [-0.15, -0.1) is 0 Å². The first kappa shape index (κ1) is 19.8. The Morgan fingerprint density at radius 1 is 1.17 bits per heavy atom. The lowest BCUT2D eigenvalue weighted by atomic mass is 10.1. The predicted molar refractivity (Wildman–Crippen MR) is 107 cm³/mol. The summed E-state index contributed by atoms with van der Waals surface area (Å²) < 4.78 is 51.8. The van der Waals surface area contributed by atoms with Crippen LogP contribution in [0.1, 0.15) is 5.56 Å². The van der Waals surface area contributed by atoms with Crippen LogP contribution in [-0.2, 0) is 15.6 Å². The number of thioether (sulfide) groups is 1. The number of nitrogens with zero attached hydrogens (tertiary/aromatic N) is 3. The standard InChI is InChI=1S/C18H15F2N3O4S2/c19-12-3-6-16(14(20)7-12)22-17-10-29(26,27)9-15(17)21-18(22)28-8-11-1-4-13(5-2-11)23(24)25/h1-7,15,17H,8-10H2/t15-,17+/m1/s1. The normalized spacial score (nSPS) is 22.4. The Balaban J connectivity index is 1.60. The Morgan fingerprint density at radius 2 is 1.90 bits per heavy atom. The van der Waals surface area contributed by atoms with E-state index in [-0.39, 0.29) is 22.9 Å². The minimum absolute atomic E-state index is 0.0216. The molecule has 2 heterocycles. The molecule has 0 N–H and O–H groups in total. The van der Waals surface area contributed by atoms with Crippen LogP contribution < -0.4 is 4.90 Å². The third-order valence-electron chi connectivity index (χ3n) is 4.79. The van der Waals surface area contributed by atoms with Gasteiger partial charge in [-0.25, -0.2) is 17.2 Å². The lowest BCUT2D eigenvalue weighted by Crippen LogP contribution is -2.39. The van der Waals surface area contributed by atoms with Gasteiger partial charge in [0, 0.05) is 24.0 Å². The van der Waals surface area contributed by atoms with Crippen molar-refractivity contribution in [3.63, 3.8) is 0 Å². The monoisotopic (exact) mass is 439 g/mol. The fraction of sp³-hybridized carbons (Fsp3) is 0.278. The first-order valence-electron chi connectivity index (χ1n) is 8.62. The number of rotatable bonds is 4. The molecule has 29 heavy (non-hydrogen) atoms. The highest BCUT2D eigenvalue weighted by Crippen LogP contribution is 2.37. The molecule has 4 rings (SSSR count). The number of hydrogen-bond donors (Lipinski definition) is 0. The van der Waals surface area contributed by atoms with E-state index in [0.29, 0.717) is 10.9 Å². The van der Waals surface area contributed by atoms with Crippen molar-refractivity contribution in [1.29, 1.82) is 0 Å². The predicted octanol–water partition coefficient (Wildman–Crippen LogP) is 3.15. The van der Waals surface area contributed by atoms with Crippen LogP contribution in [0.5, 0.6) is 0 Å². The summed E-state index contributed by atoms with van der Waals surface area (Å²) in [5, 5.41) is 11.2. The second kappa shape index (κ2) is 7.38. The molecule has 7 nitrogen and oxygen atoms in total. The van der Waals surface area contributed by atoms with Crippen molar-refractivity contribution < 1.29 is 22.1 Å². The number of sulfone groups is 1. The molecule has 2 aliphatic heterocycles. The van der Waals surface area contributed by atoms with E-state index in [2.05, 4.69) is 4.99 Å². The number of aliphatic imine (C=N–C) groups is 1. The number of anilines is 1. The van der Waals surface area contributed by atoms with Gasteiger partial charge in [-0.3, -0.25) is 15.1 Å². The van der Waals surface area contributed by atoms with Crippen LogP contribution >= 0.6 is 11.8 Å². The molecule has 1 saturated heterocycles. The Kier molecular flexibility index (Phi) is 5.03. The molecule has 0 aromatic heterocycles. The number of fused-ring (bicyclic) bond motifs is 1. The molecule has 2 aliphatic rings. The number of non-ortho nitro benzene ring substituents is 1. The Bertz CT molecular complexity index is 1110. The summed E-state index contributed by atoms with van der Waals surface area (Å²) in [5.74, 6) is -1.38. The zero-order valence-corrected chi connectivity index (χ0v) is 16.5. The molecule has 0 saturated carbocycles. The number of halogens is 2. The minimum atomic E-state index is -3.29. The summed E-state index contributed by atoms with van der Waals surface area (Å²) in [4.78, 5) is 16.3. The molecule has 0 bridgehead atoms. The van der Waals surface area contributed by atoms with Crippen molar-refractivity contribution in [1.82, 2.24) is 0 Å². The summed E-state index contributed by atoms with van der Waals surface area (Å²) in [6.45, 7) is 0. The van der Waals surface area contributed by atoms with E-state index in [1.807, 2.05) is 0 Å². The highest BCUT2D eigenvalue weighted by molar-refractivity contribution is 8.13. The van der Waals surface area contributed by atoms with Crippen molar-refractivity contribution in [3.8, 4) is 0 Å². The van der Waals surface area contributed by atoms with Crippen LogP contribution in [0.4, 0.5) is 20.2 Å². The fourth-order valence-electron chi connectivity index (χ4n) is 3.45. The van der Waals surface area contributed by atoms with Gasteiger partial charge in [0.25, 0.3) is 5.69 Å². The van der Waals surface area contributed by atoms with E-state index in [4.69, 9.17) is 0 Å². The summed E-state index contributed by atoms with van der Waals surface area (Å²) in [6.07, 6.45) is 0. The average Bonchev–Trinajstić information content (AvgIpc) is 3.12. The van der Waals surface area contributed by atoms with Crippen LogP contribution in [-0.4, -0.2) is 42.1 Å². The second-order valence-electron chi connectivity index (χ2n) is 6.80. The highest BCUT2D eigenvalue weighted by atomic mass is 32.2. The van der Waals surface area contributed by atoms with Gasteiger partial charge in [0.1, 0.15) is 11.6 Å². The molecule has 0 amide bonds. The van der Waals surface area contributed by atoms with E-state index in [0.717, 1.165) is 17.7 Å². The van der Waals surface area contributed by atoms with Crippen molar-refractivity contribution in [2.75, 3.05) is 16.4 Å². The number of nitro groups is 1. The molecule has 0 spiro atoms. The molecule has 2 atom stereocenters. The van der Waals surface area contributed by atoms with Gasteiger partial charge in [0.05, 0.1) is 34.2 Å². The van der Waals surface area contributed by atoms with E-state index in [1.165, 1.54) is 34.9 Å². The summed E-state index contributed by atoms with van der Waals surface area (Å²) >= 11 is 1.27. The first-order valence-corrected chi connectivity index (χ1v) is 11.4. The molecule has 0 radical (unpaired) electrons. The number of nitro benzene ring substituents is 1. The van der Waals surface area contributed by atoms with Crippen LogP contribution in [0, 0.1) is 21.7 Å². The Labute approximate surface area is 169 Å². The molecule has 0 unspecified atom stereocenters. The first-order chi connectivity index (χ1) is 13.7. The zero-order chi connectivity index (χ0) is 20.8. The Morgan fingerprint density at radius 3 is 2.55 bits per heavy atom. The molecule has 1 fully saturated rings. The molecule has 152 valence electrons. The summed E-state index contributed by atoms with van der Waals surface area (Å²) in [6, 6.07) is 8.13. The molecular formula is C18H15F2N3O4S2. The lowest BCUT2D eigenvalue weighted by molar-refractivity contribution is -0.384. The van der Waals surface area contributed by atoms with Crippen LogP contribution in [0.25, 0.3) is 0 Å². The topological polar surface area (TPSA) is 92.9 Å². The van der Waals surface area contributed by atoms with Gasteiger partial charge in [-0.1, -0.05) is 23.9 Å². The van der Waals surface area contributed by atoms with Gasteiger partial charge in [-0.2, -0.15) is 0 Å². The fourth-order valence-corrected chi connectivity index (χ4v) is 6.37. The van der Waals surface area contributed by atoms with Gasteiger partial charge < -0.3 is 4.90 Å². The maximum Gasteiger partial charge on any atom is 0.269 e. The second-order valence-corrected chi connectivity index (χ2v) is 9.90. The van der Waals surface area contributed by atoms with Crippen LogP contribution in [0.2, 0.25) is 0 Å². The maximum absolute atomic E-state index is 14.4.